The van der Waals surface area contributed by atoms with E-state index in [4.69, 9.17) is 28.4 Å². The van der Waals surface area contributed by atoms with Crippen molar-refractivity contribution < 1.29 is 192 Å². The molecule has 0 saturated heterocycles. The van der Waals surface area contributed by atoms with Gasteiger partial charge in [-0.15, -0.1) is 32.9 Å². The number of hydrogen-bond donors (Lipinski definition) is 2. The van der Waals surface area contributed by atoms with Crippen LogP contribution in [0.2, 0.25) is 0 Å². The zero-order valence-electron chi connectivity index (χ0n) is 65.9. The van der Waals surface area contributed by atoms with Gasteiger partial charge in [0, 0.05) is 81.8 Å². The van der Waals surface area contributed by atoms with Gasteiger partial charge in [-0.1, -0.05) is 59.0 Å². The number of carbonyl (C=O) groups excluding carboxylic acids is 8. The van der Waals surface area contributed by atoms with Crippen LogP contribution in [0.5, 0.6) is 0 Å². The Labute approximate surface area is 736 Å². The van der Waals surface area contributed by atoms with Gasteiger partial charge in [0.1, 0.15) is 60.9 Å². The van der Waals surface area contributed by atoms with Crippen molar-refractivity contribution in [3.05, 3.63) is 136 Å². The minimum absolute atomic E-state index is 0. The van der Waals surface area contributed by atoms with Gasteiger partial charge in [-0.25, -0.2) is 15.0 Å². The van der Waals surface area contributed by atoms with Crippen LogP contribution in [0.3, 0.4) is 0 Å². The number of aliphatic hydroxyl groups excluding tert-OH is 2. The fourth-order valence-corrected chi connectivity index (χ4v) is 13.5. The number of phosphoric acid groups is 2. The topological polar surface area (TPSA) is 493 Å². The van der Waals surface area contributed by atoms with E-state index in [1.165, 1.54) is 0 Å². The summed E-state index contributed by atoms with van der Waals surface area (Å²) in [5.74, 6) is -1.42. The summed E-state index contributed by atoms with van der Waals surface area (Å²) in [6, 6.07) is 26.1. The van der Waals surface area contributed by atoms with Crippen LogP contribution in [0.15, 0.2) is 96.6 Å². The van der Waals surface area contributed by atoms with Gasteiger partial charge in [0.05, 0.1) is 94.2 Å². The number of fused-ring (bicyclic) bond motifs is 2. The molecule has 2 N–H and O–H groups in total. The first-order chi connectivity index (χ1) is 56.8. The molecule has 119 heavy (non-hydrogen) atoms. The van der Waals surface area contributed by atoms with Crippen molar-refractivity contribution in [2.75, 3.05) is 128 Å². The third kappa shape index (κ3) is 40.8. The van der Waals surface area contributed by atoms with E-state index in [1.807, 2.05) is 119 Å². The zero-order valence-corrected chi connectivity index (χ0v) is 73.3. The molecule has 5 heterocycles. The van der Waals surface area contributed by atoms with Gasteiger partial charge >= 0.3 is 83.0 Å². The molecule has 0 aliphatic carbocycles. The summed E-state index contributed by atoms with van der Waals surface area (Å²) < 4.78 is 95.8. The van der Waals surface area contributed by atoms with Crippen molar-refractivity contribution in [3.8, 4) is 0 Å². The van der Waals surface area contributed by atoms with Crippen LogP contribution in [0.1, 0.15) is 90.4 Å². The number of hydrogen-bond acceptors (Lipinski definition) is 39. The number of rotatable bonds is 60. The summed E-state index contributed by atoms with van der Waals surface area (Å²) in [5, 5.41) is 39.8. The average Bonchev–Trinajstić information content (AvgIpc) is 1.72. The molecule has 39 nitrogen and oxygen atoms in total. The first kappa shape index (κ1) is 101. The normalized spacial score (nSPS) is 12.6. The predicted molar refractivity (Wildman–Crippen MR) is 416 cm³/mol. The van der Waals surface area contributed by atoms with E-state index in [0.717, 1.165) is 53.6 Å². The third-order valence-corrected chi connectivity index (χ3v) is 19.7. The summed E-state index contributed by atoms with van der Waals surface area (Å²) in [6.45, 7) is 2.83. The predicted octanol–water partition coefficient (Wildman–Crippen LogP) is -0.415. The Morgan fingerprint density at radius 1 is 0.521 bits per heavy atom. The Kier molecular flexibility index (Phi) is 49.3. The fourth-order valence-electron chi connectivity index (χ4n) is 10.2. The molecule has 8 aromatic rings. The number of aliphatic hydroxyl groups is 2. The van der Waals surface area contributed by atoms with Gasteiger partial charge in [-0.05, 0) is 104 Å². The van der Waals surface area contributed by atoms with Crippen molar-refractivity contribution in [3.63, 3.8) is 0 Å². The minimum Gasteiger partial charge on any atom is -0.756 e. The number of ether oxygens (including phenoxy) is 10. The molecule has 45 heteroatoms. The Balaban J connectivity index is 0.000000417. The van der Waals surface area contributed by atoms with Crippen molar-refractivity contribution in [1.29, 1.82) is 0 Å². The number of thiazole rings is 1. The molecule has 0 spiro atoms. The summed E-state index contributed by atoms with van der Waals surface area (Å²) >= 11 is 3.23. The molecular formula is C74H91N11Na2O28P2S2. The molecule has 4 unspecified atom stereocenters. The summed E-state index contributed by atoms with van der Waals surface area (Å²) in [6.07, 6.45) is 9.71. The quantitative estimate of drug-likeness (QED) is 0.0122. The van der Waals surface area contributed by atoms with Crippen LogP contribution >= 0.6 is 38.3 Å². The van der Waals surface area contributed by atoms with Crippen molar-refractivity contribution >= 4 is 144 Å². The van der Waals surface area contributed by atoms with Gasteiger partial charge < -0.3 is 95.3 Å². The van der Waals surface area contributed by atoms with Crippen LogP contribution in [0.4, 0.5) is 11.4 Å². The molecule has 0 bridgehead atoms. The molecule has 3 aromatic carbocycles. The second-order valence-electron chi connectivity index (χ2n) is 24.7. The fraction of sp³-hybridized carbons (Fsp3) is 0.446. The van der Waals surface area contributed by atoms with Crippen LogP contribution in [0.25, 0.3) is 44.7 Å². The van der Waals surface area contributed by atoms with Gasteiger partial charge in [0.2, 0.25) is 0 Å². The van der Waals surface area contributed by atoms with E-state index in [0.29, 0.717) is 69.3 Å². The standard InChI is InChI=1S/C37H47N6O14PS.C37H46N5O14PS.2Na/c1-28-33-12-21-59-37(33)39-34(38-28)11-8-29-6-9-31(10-7-29)42(15-16-44)13-14-43-22-30(40-41-43)23-54-36(48)4-2-17-51-19-20-53-35(47)5-3-18-56-58(49,50)57-25-32(55-27-46)24-52-26-45;43-18-17-41(31-12-9-29(10-13-31)11-14-35-38-33-5-1-2-6-34(33)58-35)15-16-42-23-30(39-40-42)24-53-37(47)7-3-19-50-21-22-52-36(46)8-4-20-55-57(48,49)56-26-32(54-28-45)25-51-27-44;;/h6-12,21-22,26-27,32,44H,2-5,13-20,23-25H2,1H3,(H,49,50);1-2,5-6,9-14,23,27-28,32,43H,3-4,7-8,15-22,24-26H2,(H,48,49);;/q;;2*+1/p-2/b11-8+;14-11+;;. The number of carbonyl (C=O) groups is 8. The molecule has 0 aliphatic heterocycles. The molecule has 0 saturated carbocycles. The number of aromatic nitrogens is 9. The largest absolute Gasteiger partial charge is 1.00 e. The molecule has 8 rings (SSSR count). The Morgan fingerprint density at radius 3 is 1.45 bits per heavy atom. The smallest absolute Gasteiger partial charge is 0.756 e. The number of anilines is 2. The number of phosphoric ester groups is 2. The van der Waals surface area contributed by atoms with Crippen molar-refractivity contribution in [2.45, 2.75) is 96.8 Å². The van der Waals surface area contributed by atoms with Crippen LogP contribution in [-0.4, -0.2) is 236 Å². The van der Waals surface area contributed by atoms with E-state index >= 15 is 0 Å². The molecule has 0 radical (unpaired) electrons. The van der Waals surface area contributed by atoms with E-state index < -0.39 is 78.2 Å². The molecule has 0 fully saturated rings. The van der Waals surface area contributed by atoms with Crippen LogP contribution < -0.4 is 78.7 Å². The SMILES string of the molecule is Cc1nc(/C=C/c2ccc(N(CCO)CCn3cc(COC(=O)CCCOCCOC(=O)CCCOP(=O)([O-])OCC(COC=O)OC=O)nn3)cc2)nc2sccc12.O=COCC(COP(=O)([O-])OCCCC(=O)OCCOCCCC(=O)OCc1cn(CCN(CCO)c2ccc(/C=C/c3nc4ccccc4s3)cc2)nn1)OC=O.[Na+].[Na+]. The second-order valence-corrected chi connectivity index (χ2v) is 29.4. The zero-order chi connectivity index (χ0) is 83.7. The Morgan fingerprint density at radius 2 is 0.983 bits per heavy atom. The van der Waals surface area contributed by atoms with E-state index in [9.17, 15) is 67.5 Å². The molecule has 5 aromatic heterocycles. The number of aryl methyl sites for hydroxylation is 1. The second kappa shape index (κ2) is 57.9. The average molecular weight is 1750 g/mol. The number of thiophene rings is 1. The number of para-hydroxylation sites is 1. The van der Waals surface area contributed by atoms with Crippen molar-refractivity contribution in [1.82, 2.24) is 44.9 Å². The molecule has 0 amide bonds. The van der Waals surface area contributed by atoms with E-state index in [2.05, 4.69) is 78.7 Å². The first-order valence-electron chi connectivity index (χ1n) is 36.7. The molecule has 634 valence electrons. The minimum atomic E-state index is -4.77. The molecule has 4 atom stereocenters. The summed E-state index contributed by atoms with van der Waals surface area (Å²) in [7, 11) is -9.53. The molecule has 0 aliphatic rings. The maximum Gasteiger partial charge on any atom is 1.00 e. The first-order valence-corrected chi connectivity index (χ1v) is 41.3. The summed E-state index contributed by atoms with van der Waals surface area (Å²) in [4.78, 5) is 132. The van der Waals surface area contributed by atoms with E-state index in [-0.39, 0.29) is 203 Å². The Bertz CT molecular complexity index is 4480. The summed E-state index contributed by atoms with van der Waals surface area (Å²) in [5.41, 5.74) is 6.80. The maximum atomic E-state index is 12.2. The maximum absolute atomic E-state index is 12.2. The molecular weight excluding hydrogens is 1660 g/mol. The number of nitrogens with zero attached hydrogens (tertiary/aromatic N) is 11. The van der Waals surface area contributed by atoms with Gasteiger partial charge in [-0.2, -0.15) is 0 Å². The Hall–Kier alpha value is -8.23. The van der Waals surface area contributed by atoms with Crippen molar-refractivity contribution in [2.24, 2.45) is 0 Å². The monoisotopic (exact) mass is 1750 g/mol. The van der Waals surface area contributed by atoms with Gasteiger partial charge in [-0.3, -0.25) is 56.8 Å². The van der Waals surface area contributed by atoms with E-state index in [1.54, 1.807) is 44.4 Å². The third-order valence-electron chi connectivity index (χ3n) is 16.0. The number of esters is 4. The van der Waals surface area contributed by atoms with Crippen LogP contribution in [0, 0.1) is 6.92 Å². The van der Waals surface area contributed by atoms with Crippen LogP contribution in [-0.2, 0) is 139 Å². The van der Waals surface area contributed by atoms with Gasteiger partial charge in [0.15, 0.2) is 18.0 Å². The van der Waals surface area contributed by atoms with Gasteiger partial charge in [0.25, 0.3) is 41.5 Å². The number of benzene rings is 3.